The number of para-hydroxylation sites is 1. The van der Waals surface area contributed by atoms with Crippen LogP contribution in [0.1, 0.15) is 42.0 Å². The molecule has 0 fully saturated rings. The lowest BCUT2D eigenvalue weighted by Gasteiger charge is -2.33. The van der Waals surface area contributed by atoms with Crippen molar-refractivity contribution in [3.8, 4) is 17.2 Å². The maximum atomic E-state index is 15.1. The molecular weight excluding hydrogens is 565 g/mol. The van der Waals surface area contributed by atoms with Crippen molar-refractivity contribution in [3.63, 3.8) is 0 Å². The van der Waals surface area contributed by atoms with Crippen LogP contribution in [-0.4, -0.2) is 38.4 Å². The maximum absolute atomic E-state index is 15.1. The molecule has 3 aromatic rings. The summed E-state index contributed by atoms with van der Waals surface area (Å²) in [6.45, 7) is 6.05. The number of hydrogen-bond donors (Lipinski definition) is 2. The molecule has 0 saturated carbocycles. The summed E-state index contributed by atoms with van der Waals surface area (Å²) in [5, 5.41) is 2.65. The predicted molar refractivity (Wildman–Crippen MR) is 162 cm³/mol. The van der Waals surface area contributed by atoms with Crippen molar-refractivity contribution in [2.24, 2.45) is 15.7 Å². The van der Waals surface area contributed by atoms with Crippen LogP contribution in [0.5, 0.6) is 17.2 Å². The van der Waals surface area contributed by atoms with Crippen LogP contribution >= 0.6 is 11.8 Å². The number of ether oxygens (including phenoxy) is 2. The number of halogens is 3. The first-order valence-electron chi connectivity index (χ1n) is 13.1. The molecule has 1 aliphatic rings. The van der Waals surface area contributed by atoms with E-state index >= 15 is 4.39 Å². The Hall–Kier alpha value is -4.25. The molecule has 4 rings (SSSR count). The van der Waals surface area contributed by atoms with E-state index in [9.17, 15) is 13.6 Å². The molecule has 1 unspecified atom stereocenters. The highest BCUT2D eigenvalue weighted by molar-refractivity contribution is 7.98. The van der Waals surface area contributed by atoms with Gasteiger partial charge in [0.1, 0.15) is 35.8 Å². The standard InChI is InChI=1S/C31H31F3N4O3S/c1-5-20-26(36-3)24(33)25(34)28(29(20)42-4)41-19-11-12-23(32)21(16-19)30(35)37-17-38-31(2)13-15-40-27-18(9-7-14-39)8-6-10-22(27)31/h5-6,8,10-12,14,16-17,36H,1,7,9,13,15H2,2-4H3,(H2,35,37,38). The first-order chi connectivity index (χ1) is 20.2. The summed E-state index contributed by atoms with van der Waals surface area (Å²) in [4.78, 5) is 20.0. The molecule has 1 aliphatic heterocycles. The van der Waals surface area contributed by atoms with Gasteiger partial charge in [0.25, 0.3) is 0 Å². The van der Waals surface area contributed by atoms with Gasteiger partial charge in [0, 0.05) is 31.0 Å². The number of aliphatic imine (C=N–C) groups is 2. The van der Waals surface area contributed by atoms with Crippen molar-refractivity contribution in [3.05, 3.63) is 82.7 Å². The zero-order valence-corrected chi connectivity index (χ0v) is 24.3. The van der Waals surface area contributed by atoms with E-state index in [1.807, 2.05) is 25.1 Å². The highest BCUT2D eigenvalue weighted by atomic mass is 32.2. The van der Waals surface area contributed by atoms with E-state index in [1.54, 1.807) is 6.26 Å². The van der Waals surface area contributed by atoms with Crippen molar-refractivity contribution in [1.29, 1.82) is 0 Å². The van der Waals surface area contributed by atoms with Crippen LogP contribution in [-0.2, 0) is 16.8 Å². The second-order valence-electron chi connectivity index (χ2n) is 9.61. The van der Waals surface area contributed by atoms with Crippen LogP contribution < -0.4 is 20.5 Å². The van der Waals surface area contributed by atoms with Gasteiger partial charge in [-0.1, -0.05) is 30.9 Å². The molecule has 0 aromatic heterocycles. The Labute approximate surface area is 246 Å². The Morgan fingerprint density at radius 1 is 1.26 bits per heavy atom. The van der Waals surface area contributed by atoms with Gasteiger partial charge in [0.05, 0.1) is 28.3 Å². The van der Waals surface area contributed by atoms with Crippen LogP contribution in [0, 0.1) is 17.5 Å². The molecule has 42 heavy (non-hydrogen) atoms. The van der Waals surface area contributed by atoms with Crippen LogP contribution in [0.3, 0.4) is 0 Å². The molecule has 1 heterocycles. The third-order valence-corrected chi connectivity index (χ3v) is 7.82. The van der Waals surface area contributed by atoms with Gasteiger partial charge in [-0.2, -0.15) is 4.39 Å². The van der Waals surface area contributed by atoms with E-state index in [4.69, 9.17) is 15.2 Å². The quantitative estimate of drug-likeness (QED) is 0.109. The molecule has 0 amide bonds. The highest BCUT2D eigenvalue weighted by Crippen LogP contribution is 2.44. The molecular formula is C31H31F3N4O3S. The van der Waals surface area contributed by atoms with Crippen molar-refractivity contribution in [2.75, 3.05) is 25.2 Å². The number of thioether (sulfide) groups is 1. The number of anilines is 1. The number of nitrogens with two attached hydrogens (primary N) is 1. The summed E-state index contributed by atoms with van der Waals surface area (Å²) in [6, 6.07) is 9.36. The van der Waals surface area contributed by atoms with E-state index in [0.29, 0.717) is 42.1 Å². The fraction of sp³-hybridized carbons (Fsp3) is 0.258. The molecule has 0 aliphatic carbocycles. The summed E-state index contributed by atoms with van der Waals surface area (Å²) >= 11 is 1.15. The summed E-state index contributed by atoms with van der Waals surface area (Å²) in [7, 11) is 1.47. The minimum Gasteiger partial charge on any atom is -0.493 e. The van der Waals surface area contributed by atoms with E-state index in [-0.39, 0.29) is 28.6 Å². The molecule has 220 valence electrons. The van der Waals surface area contributed by atoms with Gasteiger partial charge >= 0.3 is 0 Å². The maximum Gasteiger partial charge on any atom is 0.204 e. The average Bonchev–Trinajstić information content (AvgIpc) is 2.99. The van der Waals surface area contributed by atoms with Crippen LogP contribution in [0.15, 0.2) is 57.9 Å². The fourth-order valence-electron chi connectivity index (χ4n) is 4.78. The SMILES string of the molecule is C=Cc1c(NC)c(F)c(F)c(Oc2ccc(F)c(C(N)=NC=NC3(C)CCOc4c(CCC=O)cccc43)c2)c1SC. The Morgan fingerprint density at radius 3 is 2.74 bits per heavy atom. The summed E-state index contributed by atoms with van der Waals surface area (Å²) in [5.41, 5.74) is 7.40. The zero-order valence-electron chi connectivity index (χ0n) is 23.5. The average molecular weight is 597 g/mol. The minimum absolute atomic E-state index is 0.0236. The van der Waals surface area contributed by atoms with Gasteiger partial charge in [-0.15, -0.1) is 11.8 Å². The molecule has 7 nitrogen and oxygen atoms in total. The molecule has 0 bridgehead atoms. The lowest BCUT2D eigenvalue weighted by Crippen LogP contribution is -2.29. The van der Waals surface area contributed by atoms with Gasteiger partial charge in [-0.3, -0.25) is 4.99 Å². The first-order valence-corrected chi connectivity index (χ1v) is 14.3. The molecule has 1 atom stereocenters. The predicted octanol–water partition coefficient (Wildman–Crippen LogP) is 6.87. The first kappa shape index (κ1) is 30.7. The van der Waals surface area contributed by atoms with Gasteiger partial charge in [0.15, 0.2) is 11.6 Å². The van der Waals surface area contributed by atoms with Crippen molar-refractivity contribution >= 4 is 42.0 Å². The van der Waals surface area contributed by atoms with E-state index in [1.165, 1.54) is 31.6 Å². The number of fused-ring (bicyclic) bond motifs is 1. The number of carbonyl (C=O) groups excluding carboxylic acids is 1. The Balaban J connectivity index is 1.64. The minimum atomic E-state index is -1.20. The zero-order chi connectivity index (χ0) is 30.4. The van der Waals surface area contributed by atoms with E-state index < -0.39 is 23.0 Å². The lowest BCUT2D eigenvalue weighted by atomic mass is 9.85. The van der Waals surface area contributed by atoms with Crippen molar-refractivity contribution in [1.82, 2.24) is 0 Å². The summed E-state index contributed by atoms with van der Waals surface area (Å²) < 4.78 is 56.3. The lowest BCUT2D eigenvalue weighted by molar-refractivity contribution is -0.107. The number of aldehydes is 1. The van der Waals surface area contributed by atoms with Crippen LogP contribution in [0.25, 0.3) is 6.08 Å². The Bertz CT molecular complexity index is 1580. The van der Waals surface area contributed by atoms with E-state index in [0.717, 1.165) is 35.2 Å². The largest absolute Gasteiger partial charge is 0.493 e. The number of rotatable bonds is 11. The highest BCUT2D eigenvalue weighted by Gasteiger charge is 2.33. The number of carbonyl (C=O) groups is 1. The molecule has 11 heteroatoms. The fourth-order valence-corrected chi connectivity index (χ4v) is 5.50. The molecule has 0 saturated heterocycles. The van der Waals surface area contributed by atoms with Gasteiger partial charge in [-0.25, -0.2) is 13.8 Å². The Kier molecular flexibility index (Phi) is 9.62. The van der Waals surface area contributed by atoms with Crippen molar-refractivity contribution in [2.45, 2.75) is 36.6 Å². The third kappa shape index (κ3) is 6.01. The van der Waals surface area contributed by atoms with Gasteiger partial charge in [-0.05, 0) is 43.4 Å². The number of hydrogen-bond acceptors (Lipinski definition) is 6. The molecule has 0 spiro atoms. The third-order valence-electron chi connectivity index (χ3n) is 7.01. The number of aryl methyl sites for hydroxylation is 1. The number of nitrogens with one attached hydrogen (secondary N) is 1. The smallest absolute Gasteiger partial charge is 0.204 e. The Morgan fingerprint density at radius 2 is 2.05 bits per heavy atom. The normalized spacial score (nSPS) is 16.6. The van der Waals surface area contributed by atoms with E-state index in [2.05, 4.69) is 21.9 Å². The summed E-state index contributed by atoms with van der Waals surface area (Å²) in [5.74, 6) is -2.83. The molecule has 3 N–H and O–H groups in total. The van der Waals surface area contributed by atoms with Crippen LogP contribution in [0.4, 0.5) is 18.9 Å². The topological polar surface area (TPSA) is 98.3 Å². The number of amidine groups is 1. The van der Waals surface area contributed by atoms with Gasteiger partial charge < -0.3 is 25.3 Å². The summed E-state index contributed by atoms with van der Waals surface area (Å²) in [6.07, 6.45) is 6.73. The monoisotopic (exact) mass is 596 g/mol. The molecule has 3 aromatic carbocycles. The number of benzene rings is 3. The second-order valence-corrected chi connectivity index (χ2v) is 10.4. The second kappa shape index (κ2) is 13.2. The van der Waals surface area contributed by atoms with Crippen LogP contribution in [0.2, 0.25) is 0 Å². The van der Waals surface area contributed by atoms with Gasteiger partial charge in [0.2, 0.25) is 5.82 Å². The molecule has 0 radical (unpaired) electrons. The van der Waals surface area contributed by atoms with Crippen molar-refractivity contribution < 1.29 is 27.4 Å². The number of nitrogens with zero attached hydrogens (tertiary/aromatic N) is 2.